The zero-order chi connectivity index (χ0) is 52.4. The van der Waals surface area contributed by atoms with Crippen LogP contribution >= 0.6 is 11.8 Å². The molecule has 10 heteroatoms. The number of halogens is 3. The van der Waals surface area contributed by atoms with E-state index in [0.29, 0.717) is 17.9 Å². The summed E-state index contributed by atoms with van der Waals surface area (Å²) < 4.78 is 59.9. The Labute approximate surface area is 439 Å². The summed E-state index contributed by atoms with van der Waals surface area (Å²) in [6.45, 7) is 21.4. The third-order valence-electron chi connectivity index (χ3n) is 16.6. The quantitative estimate of drug-likeness (QED) is 0.116. The van der Waals surface area contributed by atoms with Crippen molar-refractivity contribution in [3.8, 4) is 29.0 Å². The summed E-state index contributed by atoms with van der Waals surface area (Å²) in [4.78, 5) is 6.89. The number of aryl methyl sites for hydroxylation is 1. The van der Waals surface area contributed by atoms with E-state index in [1.165, 1.54) is 84.0 Å². The number of fused-ring (bicyclic) bond motifs is 1. The fraction of sp³-hybridized carbons (Fsp3) is 0.391. The lowest BCUT2D eigenvalue weighted by Crippen LogP contribution is -2.48. The van der Waals surface area contributed by atoms with Crippen LogP contribution in [0.3, 0.4) is 0 Å². The van der Waals surface area contributed by atoms with Gasteiger partial charge in [0.2, 0.25) is 0 Å². The van der Waals surface area contributed by atoms with Crippen LogP contribution in [0.5, 0.6) is 5.75 Å². The van der Waals surface area contributed by atoms with E-state index in [4.69, 9.17) is 16.0 Å². The SMILES string of the molecule is [C-]#[N+]/C(C#N)=C1\OC(c2ccc(-c3ccccc3)cc2)(C(F)(F)F)C(/C=C/C=C2\CC(C)(C)CC(/C=C/c3cc4c(cc3C)N(c3ccc(OC)cc3)C(C)(C)CC4C)=C2SC23CC4CC(CC(C4)C2)C3)=C1C#N. The van der Waals surface area contributed by atoms with Crippen LogP contribution in [-0.4, -0.2) is 23.6 Å². The fourth-order valence-corrected chi connectivity index (χ4v) is 15.9. The number of rotatable bonds is 10. The number of hydrogen-bond acceptors (Lipinski definition) is 6. The molecule has 5 aliphatic carbocycles. The molecule has 2 unspecified atom stereocenters. The molecule has 0 N–H and O–H groups in total. The molecule has 11 rings (SSSR count). The number of methoxy groups -OCH3 is 1. The first-order chi connectivity index (χ1) is 35.3. The maximum atomic E-state index is 16.1. The molecule has 4 bridgehead atoms. The van der Waals surface area contributed by atoms with E-state index in [-0.39, 0.29) is 21.3 Å². The average molecular weight is 1010 g/mol. The van der Waals surface area contributed by atoms with Gasteiger partial charge in [0.15, 0.2) is 5.76 Å². The summed E-state index contributed by atoms with van der Waals surface area (Å²) in [5.41, 5.74) is 4.30. The number of nitrogens with zero attached hydrogens (tertiary/aromatic N) is 4. The maximum absolute atomic E-state index is 16.1. The third-order valence-corrected chi connectivity index (χ3v) is 18.3. The van der Waals surface area contributed by atoms with Gasteiger partial charge in [0, 0.05) is 37.7 Å². The van der Waals surface area contributed by atoms with Crippen LogP contribution in [0.25, 0.3) is 22.0 Å². The molecule has 0 spiro atoms. The first kappa shape index (κ1) is 50.8. The van der Waals surface area contributed by atoms with Crippen molar-refractivity contribution in [2.75, 3.05) is 12.0 Å². The van der Waals surface area contributed by atoms with Crippen molar-refractivity contribution < 1.29 is 22.6 Å². The summed E-state index contributed by atoms with van der Waals surface area (Å²) in [6, 6.07) is 31.9. The second-order valence-corrected chi connectivity index (χ2v) is 24.7. The molecule has 2 heterocycles. The number of alkyl halides is 3. The monoisotopic (exact) mass is 1010 g/mol. The molecule has 4 aromatic rings. The molecule has 2 atom stereocenters. The number of thioether (sulfide) groups is 1. The van der Waals surface area contributed by atoms with Gasteiger partial charge in [-0.05, 0) is 183 Å². The average Bonchev–Trinajstić information content (AvgIpc) is 3.72. The Morgan fingerprint density at radius 1 is 0.851 bits per heavy atom. The number of allylic oxidation sites excluding steroid dienone is 7. The lowest BCUT2D eigenvalue weighted by Gasteiger charge is -2.57. The van der Waals surface area contributed by atoms with Gasteiger partial charge >= 0.3 is 11.9 Å². The largest absolute Gasteiger partial charge is 0.497 e. The number of ether oxygens (including phenoxy) is 2. The highest BCUT2D eigenvalue weighted by Crippen LogP contribution is 2.64. The highest BCUT2D eigenvalue weighted by atomic mass is 32.2. The maximum Gasteiger partial charge on any atom is 0.437 e. The van der Waals surface area contributed by atoms with Crippen LogP contribution in [0.1, 0.15) is 121 Å². The number of anilines is 2. The van der Waals surface area contributed by atoms with Crippen LogP contribution in [0, 0.1) is 59.3 Å². The van der Waals surface area contributed by atoms with E-state index in [1.807, 2.05) is 66.4 Å². The Morgan fingerprint density at radius 2 is 1.50 bits per heavy atom. The predicted octanol–water partition coefficient (Wildman–Crippen LogP) is 17.3. The highest BCUT2D eigenvalue weighted by molar-refractivity contribution is 8.04. The van der Waals surface area contributed by atoms with Crippen molar-refractivity contribution in [2.24, 2.45) is 23.2 Å². The van der Waals surface area contributed by atoms with E-state index in [1.54, 1.807) is 31.4 Å². The topological polar surface area (TPSA) is 73.6 Å². The first-order valence-electron chi connectivity index (χ1n) is 26.0. The van der Waals surface area contributed by atoms with Crippen molar-refractivity contribution in [1.29, 1.82) is 10.5 Å². The van der Waals surface area contributed by atoms with Gasteiger partial charge in [-0.2, -0.15) is 18.4 Å². The number of hydrogen-bond donors (Lipinski definition) is 0. The molecule has 4 aromatic carbocycles. The Balaban J connectivity index is 1.09. The van der Waals surface area contributed by atoms with E-state index >= 15 is 13.2 Å². The highest BCUT2D eigenvalue weighted by Gasteiger charge is 2.65. The Bertz CT molecular complexity index is 3160. The zero-order valence-electron chi connectivity index (χ0n) is 43.4. The van der Waals surface area contributed by atoms with E-state index in [9.17, 15) is 10.5 Å². The molecule has 0 aromatic heterocycles. The molecule has 0 saturated heterocycles. The summed E-state index contributed by atoms with van der Waals surface area (Å²) in [6.07, 6.45) is 14.3. The molecule has 6 nitrogen and oxygen atoms in total. The van der Waals surface area contributed by atoms with Crippen molar-refractivity contribution in [1.82, 2.24) is 0 Å². The van der Waals surface area contributed by atoms with Crippen LogP contribution < -0.4 is 9.64 Å². The molecule has 0 amide bonds. The van der Waals surface area contributed by atoms with Gasteiger partial charge in [-0.25, -0.2) is 10.1 Å². The smallest absolute Gasteiger partial charge is 0.437 e. The van der Waals surface area contributed by atoms with Crippen molar-refractivity contribution in [3.63, 3.8) is 0 Å². The summed E-state index contributed by atoms with van der Waals surface area (Å²) in [7, 11) is 1.69. The minimum absolute atomic E-state index is 0.0860. The molecule has 0 radical (unpaired) electrons. The number of nitriles is 2. The number of benzene rings is 4. The van der Waals surface area contributed by atoms with Gasteiger partial charge in [0.05, 0.1) is 25.3 Å². The van der Waals surface area contributed by atoms with Crippen molar-refractivity contribution >= 4 is 29.2 Å². The molecule has 4 fully saturated rings. The zero-order valence-corrected chi connectivity index (χ0v) is 44.2. The first-order valence-corrected chi connectivity index (χ1v) is 26.8. The van der Waals surface area contributed by atoms with E-state index in [0.717, 1.165) is 58.7 Å². The minimum Gasteiger partial charge on any atom is -0.497 e. The Hall–Kier alpha value is -6.67. The second-order valence-electron chi connectivity index (χ2n) is 23.2. The third kappa shape index (κ3) is 9.21. The summed E-state index contributed by atoms with van der Waals surface area (Å²) in [5, 5.41) is 20.6. The lowest BCUT2D eigenvalue weighted by molar-refractivity contribution is -0.249. The second kappa shape index (κ2) is 19.2. The van der Waals surface area contributed by atoms with Crippen LogP contribution in [0.15, 0.2) is 154 Å². The molecule has 4 saturated carbocycles. The van der Waals surface area contributed by atoms with Crippen molar-refractivity contribution in [2.45, 2.75) is 127 Å². The molecule has 7 aliphatic rings. The molecular formula is C64H63F3N4O2S. The summed E-state index contributed by atoms with van der Waals surface area (Å²) in [5.74, 6) is 2.63. The lowest BCUT2D eigenvalue weighted by atomic mass is 9.56. The Kier molecular flexibility index (Phi) is 13.2. The van der Waals surface area contributed by atoms with Gasteiger partial charge < -0.3 is 14.4 Å². The Morgan fingerprint density at radius 3 is 2.09 bits per heavy atom. The van der Waals surface area contributed by atoms with Crippen LogP contribution in [-0.2, 0) is 10.3 Å². The molecule has 378 valence electrons. The van der Waals surface area contributed by atoms with Gasteiger partial charge in [-0.3, -0.25) is 0 Å². The normalized spacial score (nSPS) is 28.0. The van der Waals surface area contributed by atoms with Crippen molar-refractivity contribution in [3.05, 3.63) is 188 Å². The van der Waals surface area contributed by atoms with E-state index < -0.39 is 34.4 Å². The minimum atomic E-state index is -5.11. The predicted molar refractivity (Wildman–Crippen MR) is 291 cm³/mol. The van der Waals surface area contributed by atoms with Gasteiger partial charge in [-0.15, -0.1) is 11.8 Å². The van der Waals surface area contributed by atoms with Gasteiger partial charge in [0.1, 0.15) is 11.8 Å². The molecule has 74 heavy (non-hydrogen) atoms. The fourth-order valence-electron chi connectivity index (χ4n) is 14.0. The molecular weight excluding hydrogens is 946 g/mol. The van der Waals surface area contributed by atoms with Gasteiger partial charge in [-0.1, -0.05) is 106 Å². The standard InChI is InChI=1S/C64H63F3N4O2S/c1-40-27-57-53(41(2)32-61(5,6)71(57)51-23-25-52(72-8)26-24-51)31-47(40)17-18-49-37-60(3,4)36-48(59(49)74-62-33-42-28-43(34-62)30-44(29-42)35-62)15-12-16-55-54(38-68)58(56(39-69)70-7)73-63(55,64(65,66)67)50-21-19-46(20-22-50)45-13-10-9-11-14-45/h9-27,31,41-44H,28-30,32-37H2,1-6,8H3/b16-12+,18-17+,48-15+,58-56-. The van der Waals surface area contributed by atoms with E-state index in [2.05, 4.69) is 87.7 Å². The van der Waals surface area contributed by atoms with Crippen LogP contribution in [0.4, 0.5) is 24.5 Å². The van der Waals surface area contributed by atoms with Gasteiger partial charge in [0.25, 0.3) is 5.60 Å². The molecule has 2 aliphatic heterocycles. The summed E-state index contributed by atoms with van der Waals surface area (Å²) >= 11 is 2.02. The van der Waals surface area contributed by atoms with Crippen LogP contribution in [0.2, 0.25) is 0 Å².